The quantitative estimate of drug-likeness (QED) is 0.348. The SMILES string of the molecule is CCCCCCCCCCCCOC(=O)C(C)(C)CCO.N. The van der Waals surface area contributed by atoms with Gasteiger partial charge in [-0.1, -0.05) is 64.7 Å². The molecule has 0 aliphatic heterocycles. The zero-order valence-electron chi connectivity index (χ0n) is 15.2. The van der Waals surface area contributed by atoms with Gasteiger partial charge in [-0.25, -0.2) is 0 Å². The van der Waals surface area contributed by atoms with Gasteiger partial charge in [0.2, 0.25) is 0 Å². The van der Waals surface area contributed by atoms with Crippen molar-refractivity contribution in [2.45, 2.75) is 91.4 Å². The first-order valence-electron chi connectivity index (χ1n) is 8.82. The van der Waals surface area contributed by atoms with Crippen LogP contribution in [0.5, 0.6) is 0 Å². The van der Waals surface area contributed by atoms with Crippen LogP contribution < -0.4 is 6.15 Å². The summed E-state index contributed by atoms with van der Waals surface area (Å²) in [6.45, 7) is 6.44. The van der Waals surface area contributed by atoms with Gasteiger partial charge in [0.15, 0.2) is 0 Å². The zero-order valence-corrected chi connectivity index (χ0v) is 15.2. The highest BCUT2D eigenvalue weighted by Crippen LogP contribution is 2.21. The first-order valence-corrected chi connectivity index (χ1v) is 8.82. The summed E-state index contributed by atoms with van der Waals surface area (Å²) in [5, 5.41) is 8.90. The number of aliphatic hydroxyl groups excluding tert-OH is 1. The van der Waals surface area contributed by atoms with E-state index in [9.17, 15) is 4.79 Å². The fourth-order valence-corrected chi connectivity index (χ4v) is 2.33. The number of esters is 1. The van der Waals surface area contributed by atoms with E-state index in [1.807, 2.05) is 13.8 Å². The number of unbranched alkanes of at least 4 members (excludes halogenated alkanes) is 9. The molecule has 4 heteroatoms. The third kappa shape index (κ3) is 13.1. The van der Waals surface area contributed by atoms with Gasteiger partial charge in [0.25, 0.3) is 0 Å². The van der Waals surface area contributed by atoms with Gasteiger partial charge < -0.3 is 16.0 Å². The minimum atomic E-state index is -0.562. The maximum atomic E-state index is 11.8. The third-order valence-corrected chi connectivity index (χ3v) is 4.02. The number of aliphatic hydroxyl groups is 1. The van der Waals surface area contributed by atoms with Crippen LogP contribution in [0.3, 0.4) is 0 Å². The second-order valence-corrected chi connectivity index (χ2v) is 6.68. The van der Waals surface area contributed by atoms with Crippen LogP contribution in [0.2, 0.25) is 0 Å². The van der Waals surface area contributed by atoms with E-state index in [4.69, 9.17) is 9.84 Å². The molecule has 0 heterocycles. The van der Waals surface area contributed by atoms with E-state index in [0.29, 0.717) is 13.0 Å². The number of carbonyl (C=O) groups excluding carboxylic acids is 1. The Morgan fingerprint density at radius 1 is 0.909 bits per heavy atom. The van der Waals surface area contributed by atoms with Crippen molar-refractivity contribution in [3.63, 3.8) is 0 Å². The number of rotatable bonds is 14. The average molecular weight is 318 g/mol. The highest BCUT2D eigenvalue weighted by atomic mass is 16.5. The van der Waals surface area contributed by atoms with Gasteiger partial charge in [-0.2, -0.15) is 0 Å². The molecule has 0 fully saturated rings. The van der Waals surface area contributed by atoms with Crippen molar-refractivity contribution in [2.75, 3.05) is 13.2 Å². The molecule has 0 aromatic rings. The lowest BCUT2D eigenvalue weighted by atomic mass is 9.90. The summed E-state index contributed by atoms with van der Waals surface area (Å²) in [7, 11) is 0. The molecular formula is C18H39NO3. The molecule has 0 aromatic heterocycles. The molecule has 0 spiro atoms. The summed E-state index contributed by atoms with van der Waals surface area (Å²) >= 11 is 0. The fourth-order valence-electron chi connectivity index (χ4n) is 2.33. The molecule has 0 radical (unpaired) electrons. The van der Waals surface area contributed by atoms with Gasteiger partial charge in [-0.15, -0.1) is 0 Å². The molecule has 134 valence electrons. The summed E-state index contributed by atoms with van der Waals surface area (Å²) in [6, 6.07) is 0. The monoisotopic (exact) mass is 317 g/mol. The Balaban J connectivity index is 0. The van der Waals surface area contributed by atoms with Crippen molar-refractivity contribution in [3.8, 4) is 0 Å². The molecule has 0 atom stereocenters. The van der Waals surface area contributed by atoms with Crippen LogP contribution in [0.15, 0.2) is 0 Å². The minimum Gasteiger partial charge on any atom is -0.465 e. The molecule has 4 N–H and O–H groups in total. The van der Waals surface area contributed by atoms with Crippen LogP contribution in [-0.4, -0.2) is 24.3 Å². The summed E-state index contributed by atoms with van der Waals surface area (Å²) in [5.41, 5.74) is -0.562. The molecule has 0 aromatic carbocycles. The van der Waals surface area contributed by atoms with E-state index in [1.165, 1.54) is 51.4 Å². The van der Waals surface area contributed by atoms with Crippen molar-refractivity contribution >= 4 is 5.97 Å². The van der Waals surface area contributed by atoms with Gasteiger partial charge in [0, 0.05) is 6.61 Å². The first-order chi connectivity index (χ1) is 10.0. The second kappa shape index (κ2) is 15.3. The molecule has 0 aliphatic carbocycles. The van der Waals surface area contributed by atoms with Crippen molar-refractivity contribution in [2.24, 2.45) is 5.41 Å². The van der Waals surface area contributed by atoms with E-state index in [0.717, 1.165) is 12.8 Å². The normalized spacial score (nSPS) is 11.1. The third-order valence-electron chi connectivity index (χ3n) is 4.02. The summed E-state index contributed by atoms with van der Waals surface area (Å²) < 4.78 is 5.28. The Labute approximate surface area is 137 Å². The van der Waals surface area contributed by atoms with Crippen LogP contribution >= 0.6 is 0 Å². The first kappa shape index (κ1) is 23.7. The summed E-state index contributed by atoms with van der Waals surface area (Å²) in [4.78, 5) is 11.8. The van der Waals surface area contributed by atoms with Crippen molar-refractivity contribution in [1.29, 1.82) is 0 Å². The standard InChI is InChI=1S/C18H36O3.H3N/c1-4-5-6-7-8-9-10-11-12-13-16-21-17(20)18(2,3)14-15-19;/h19H,4-16H2,1-3H3;1H3. The minimum absolute atomic E-state index is 0. The zero-order chi connectivity index (χ0) is 16.0. The van der Waals surface area contributed by atoms with Gasteiger partial charge in [-0.3, -0.25) is 4.79 Å². The average Bonchev–Trinajstić information content (AvgIpc) is 2.44. The lowest BCUT2D eigenvalue weighted by molar-refractivity contribution is -0.154. The van der Waals surface area contributed by atoms with Crippen LogP contribution in [0.1, 0.15) is 91.4 Å². The smallest absolute Gasteiger partial charge is 0.311 e. The lowest BCUT2D eigenvalue weighted by Gasteiger charge is -2.21. The van der Waals surface area contributed by atoms with Gasteiger partial charge in [-0.05, 0) is 26.7 Å². The highest BCUT2D eigenvalue weighted by molar-refractivity contribution is 5.75. The van der Waals surface area contributed by atoms with Gasteiger partial charge in [0.1, 0.15) is 0 Å². The molecule has 4 nitrogen and oxygen atoms in total. The predicted molar refractivity (Wildman–Crippen MR) is 93.3 cm³/mol. The maximum absolute atomic E-state index is 11.8. The molecule has 0 aliphatic rings. The number of ether oxygens (including phenoxy) is 1. The van der Waals surface area contributed by atoms with Crippen molar-refractivity contribution < 1.29 is 14.6 Å². The van der Waals surface area contributed by atoms with Crippen LogP contribution in [0.4, 0.5) is 0 Å². The van der Waals surface area contributed by atoms with Crippen LogP contribution in [-0.2, 0) is 9.53 Å². The molecule has 0 unspecified atom stereocenters. The molecule has 0 bridgehead atoms. The van der Waals surface area contributed by atoms with Crippen LogP contribution in [0, 0.1) is 5.41 Å². The maximum Gasteiger partial charge on any atom is 0.311 e. The van der Waals surface area contributed by atoms with Crippen LogP contribution in [0.25, 0.3) is 0 Å². The Morgan fingerprint density at radius 2 is 1.36 bits per heavy atom. The molecule has 0 saturated heterocycles. The molecular weight excluding hydrogens is 278 g/mol. The van der Waals surface area contributed by atoms with Crippen molar-refractivity contribution in [1.82, 2.24) is 6.15 Å². The number of hydrogen-bond acceptors (Lipinski definition) is 4. The molecule has 0 saturated carbocycles. The Bertz CT molecular complexity index is 255. The highest BCUT2D eigenvalue weighted by Gasteiger charge is 2.28. The molecule has 0 rings (SSSR count). The number of hydrogen-bond donors (Lipinski definition) is 2. The summed E-state index contributed by atoms with van der Waals surface area (Å²) in [5.74, 6) is -0.188. The van der Waals surface area contributed by atoms with E-state index < -0.39 is 5.41 Å². The molecule has 0 amide bonds. The fraction of sp³-hybridized carbons (Fsp3) is 0.944. The van der Waals surface area contributed by atoms with Gasteiger partial charge >= 0.3 is 5.97 Å². The lowest BCUT2D eigenvalue weighted by Crippen LogP contribution is -2.28. The second-order valence-electron chi connectivity index (χ2n) is 6.68. The topological polar surface area (TPSA) is 81.5 Å². The summed E-state index contributed by atoms with van der Waals surface area (Å²) in [6.07, 6.45) is 13.3. The Hall–Kier alpha value is -0.610. The Morgan fingerprint density at radius 3 is 1.82 bits per heavy atom. The largest absolute Gasteiger partial charge is 0.465 e. The van der Waals surface area contributed by atoms with Crippen molar-refractivity contribution in [3.05, 3.63) is 0 Å². The number of carbonyl (C=O) groups is 1. The van der Waals surface area contributed by atoms with E-state index in [-0.39, 0.29) is 18.7 Å². The van der Waals surface area contributed by atoms with E-state index in [1.54, 1.807) is 0 Å². The Kier molecular flexibility index (Phi) is 16.4. The van der Waals surface area contributed by atoms with E-state index in [2.05, 4.69) is 6.92 Å². The van der Waals surface area contributed by atoms with Gasteiger partial charge in [0.05, 0.1) is 12.0 Å². The van der Waals surface area contributed by atoms with E-state index >= 15 is 0 Å². The molecule has 22 heavy (non-hydrogen) atoms. The predicted octanol–water partition coefficient (Wildman–Crippen LogP) is 5.02.